The summed E-state index contributed by atoms with van der Waals surface area (Å²) in [5.74, 6) is 2.47. The number of rotatable bonds is 3. The third kappa shape index (κ3) is 3.83. The fourth-order valence-electron chi connectivity index (χ4n) is 3.99. The van der Waals surface area contributed by atoms with Crippen LogP contribution in [0.5, 0.6) is 11.5 Å². The molecule has 26 heavy (non-hydrogen) atoms. The molecule has 2 fully saturated rings. The number of hydrogen-bond donors (Lipinski definition) is 1. The Bertz CT molecular complexity index is 782. The molecule has 1 aliphatic heterocycles. The summed E-state index contributed by atoms with van der Waals surface area (Å²) in [4.78, 5) is 14.7. The third-order valence-electron chi connectivity index (χ3n) is 5.33. The van der Waals surface area contributed by atoms with Crippen molar-refractivity contribution >= 4 is 29.9 Å². The molecule has 138 valence electrons. The van der Waals surface area contributed by atoms with Crippen molar-refractivity contribution in [2.45, 2.75) is 18.9 Å². The van der Waals surface area contributed by atoms with Crippen LogP contribution in [0.2, 0.25) is 5.02 Å². The highest BCUT2D eigenvalue weighted by atomic mass is 35.5. The van der Waals surface area contributed by atoms with Crippen LogP contribution < -0.4 is 10.5 Å². The van der Waals surface area contributed by atoms with Gasteiger partial charge in [-0.15, -0.1) is 12.4 Å². The first-order valence-electron chi connectivity index (χ1n) is 8.68. The molecule has 2 aromatic carbocycles. The molecule has 4 rings (SSSR count). The first-order chi connectivity index (χ1) is 12.1. The summed E-state index contributed by atoms with van der Waals surface area (Å²) in [6, 6.07) is 14.7. The topological polar surface area (TPSA) is 55.6 Å². The Morgan fingerprint density at radius 3 is 2.54 bits per heavy atom. The van der Waals surface area contributed by atoms with Crippen LogP contribution in [-0.2, 0) is 0 Å². The second kappa shape index (κ2) is 7.87. The number of carbonyl (C=O) groups excluding carboxylic acids is 1. The van der Waals surface area contributed by atoms with Crippen LogP contribution in [0.25, 0.3) is 0 Å². The Balaban J connectivity index is 0.00000196. The Morgan fingerprint density at radius 2 is 1.85 bits per heavy atom. The van der Waals surface area contributed by atoms with Gasteiger partial charge in [-0.05, 0) is 67.1 Å². The molecule has 0 spiro atoms. The van der Waals surface area contributed by atoms with Crippen molar-refractivity contribution < 1.29 is 9.53 Å². The van der Waals surface area contributed by atoms with Crippen LogP contribution in [0.15, 0.2) is 48.5 Å². The molecule has 6 heteroatoms. The number of nitrogens with two attached hydrogens (primary N) is 1. The minimum absolute atomic E-state index is 0. The van der Waals surface area contributed by atoms with Gasteiger partial charge in [0, 0.05) is 29.7 Å². The molecule has 3 atom stereocenters. The van der Waals surface area contributed by atoms with Gasteiger partial charge >= 0.3 is 0 Å². The summed E-state index contributed by atoms with van der Waals surface area (Å²) < 4.78 is 5.77. The molecular formula is C20H22Cl2N2O2. The van der Waals surface area contributed by atoms with Gasteiger partial charge in [-0.1, -0.05) is 17.7 Å². The van der Waals surface area contributed by atoms with Gasteiger partial charge in [0.25, 0.3) is 5.91 Å². The minimum Gasteiger partial charge on any atom is -0.457 e. The Morgan fingerprint density at radius 1 is 1.08 bits per heavy atom. The van der Waals surface area contributed by atoms with Gasteiger partial charge in [0.1, 0.15) is 11.5 Å². The SMILES string of the molecule is Cl.NC1CCC2CN(C(=O)c3ccc(Oc4cccc(Cl)c4)cc3)CC12. The zero-order valence-electron chi connectivity index (χ0n) is 14.3. The lowest BCUT2D eigenvalue weighted by Crippen LogP contribution is -2.33. The fourth-order valence-corrected chi connectivity index (χ4v) is 4.17. The second-order valence-corrected chi connectivity index (χ2v) is 7.40. The standard InChI is InChI=1S/C20H21ClN2O2.ClH/c21-15-2-1-3-17(10-15)25-16-7-4-13(5-8-16)20(24)23-11-14-6-9-19(22)18(14)12-23;/h1-5,7-8,10,14,18-19H,6,9,11-12,22H2;1H. The molecule has 1 saturated carbocycles. The van der Waals surface area contributed by atoms with Crippen LogP contribution >= 0.6 is 24.0 Å². The summed E-state index contributed by atoms with van der Waals surface area (Å²) >= 11 is 5.96. The molecule has 0 radical (unpaired) electrons. The number of amides is 1. The molecule has 1 aliphatic carbocycles. The number of carbonyl (C=O) groups is 1. The summed E-state index contributed by atoms with van der Waals surface area (Å²) in [5, 5.41) is 0.627. The number of halogens is 2. The number of ether oxygens (including phenoxy) is 1. The number of hydrogen-bond acceptors (Lipinski definition) is 3. The number of fused-ring (bicyclic) bond motifs is 1. The molecule has 0 aromatic heterocycles. The molecule has 1 amide bonds. The van der Waals surface area contributed by atoms with E-state index in [1.807, 2.05) is 41.3 Å². The lowest BCUT2D eigenvalue weighted by Gasteiger charge is -2.19. The summed E-state index contributed by atoms with van der Waals surface area (Å²) in [6.07, 6.45) is 2.23. The molecule has 3 unspecified atom stereocenters. The Hall–Kier alpha value is -1.75. The minimum atomic E-state index is 0. The molecule has 1 heterocycles. The van der Waals surface area contributed by atoms with Gasteiger partial charge in [-0.2, -0.15) is 0 Å². The van der Waals surface area contributed by atoms with E-state index in [4.69, 9.17) is 22.1 Å². The normalized spacial score (nSPS) is 24.1. The maximum atomic E-state index is 12.7. The zero-order chi connectivity index (χ0) is 17.4. The van der Waals surface area contributed by atoms with Gasteiger partial charge in [-0.3, -0.25) is 4.79 Å². The van der Waals surface area contributed by atoms with Crippen LogP contribution in [0.1, 0.15) is 23.2 Å². The van der Waals surface area contributed by atoms with Gasteiger partial charge in [0.15, 0.2) is 0 Å². The van der Waals surface area contributed by atoms with Crippen LogP contribution in [0, 0.1) is 11.8 Å². The van der Waals surface area contributed by atoms with E-state index < -0.39 is 0 Å². The first-order valence-corrected chi connectivity index (χ1v) is 9.06. The van der Waals surface area contributed by atoms with E-state index in [9.17, 15) is 4.79 Å². The number of nitrogens with zero attached hydrogens (tertiary/aromatic N) is 1. The van der Waals surface area contributed by atoms with E-state index in [1.54, 1.807) is 12.1 Å². The predicted octanol–water partition coefficient (Wildman–Crippen LogP) is 4.36. The van der Waals surface area contributed by atoms with E-state index in [0.717, 1.165) is 25.9 Å². The quantitative estimate of drug-likeness (QED) is 0.843. The van der Waals surface area contributed by atoms with Crippen molar-refractivity contribution in [3.63, 3.8) is 0 Å². The average Bonchev–Trinajstić information content (AvgIpc) is 3.17. The molecule has 4 nitrogen and oxygen atoms in total. The number of benzene rings is 2. The predicted molar refractivity (Wildman–Crippen MR) is 105 cm³/mol. The second-order valence-electron chi connectivity index (χ2n) is 6.96. The van der Waals surface area contributed by atoms with Gasteiger partial charge in [0.05, 0.1) is 0 Å². The first kappa shape index (κ1) is 19.0. The van der Waals surface area contributed by atoms with Crippen molar-refractivity contribution in [1.82, 2.24) is 4.90 Å². The van der Waals surface area contributed by atoms with E-state index in [2.05, 4.69) is 0 Å². The fraction of sp³-hybridized carbons (Fsp3) is 0.350. The van der Waals surface area contributed by atoms with E-state index in [1.165, 1.54) is 0 Å². The summed E-state index contributed by atoms with van der Waals surface area (Å²) in [5.41, 5.74) is 6.85. The average molecular weight is 393 g/mol. The Labute approximate surface area is 164 Å². The smallest absolute Gasteiger partial charge is 0.253 e. The van der Waals surface area contributed by atoms with E-state index in [-0.39, 0.29) is 24.4 Å². The maximum absolute atomic E-state index is 12.7. The van der Waals surface area contributed by atoms with E-state index >= 15 is 0 Å². The van der Waals surface area contributed by atoms with Crippen LogP contribution in [-0.4, -0.2) is 29.9 Å². The van der Waals surface area contributed by atoms with Crippen molar-refractivity contribution in [2.75, 3.05) is 13.1 Å². The van der Waals surface area contributed by atoms with Gasteiger partial charge in [-0.25, -0.2) is 0 Å². The van der Waals surface area contributed by atoms with Crippen LogP contribution in [0.3, 0.4) is 0 Å². The van der Waals surface area contributed by atoms with Crippen molar-refractivity contribution in [3.05, 3.63) is 59.1 Å². The largest absolute Gasteiger partial charge is 0.457 e. The summed E-state index contributed by atoms with van der Waals surface area (Å²) in [6.45, 7) is 1.61. The molecule has 2 aromatic rings. The summed E-state index contributed by atoms with van der Waals surface area (Å²) in [7, 11) is 0. The van der Waals surface area contributed by atoms with Gasteiger partial charge in [0.2, 0.25) is 0 Å². The van der Waals surface area contributed by atoms with Crippen LogP contribution in [0.4, 0.5) is 0 Å². The van der Waals surface area contributed by atoms with E-state index in [0.29, 0.717) is 33.9 Å². The highest BCUT2D eigenvalue weighted by Crippen LogP contribution is 2.37. The monoisotopic (exact) mass is 392 g/mol. The number of likely N-dealkylation sites (tertiary alicyclic amines) is 1. The van der Waals surface area contributed by atoms with Crippen molar-refractivity contribution in [1.29, 1.82) is 0 Å². The van der Waals surface area contributed by atoms with Gasteiger partial charge < -0.3 is 15.4 Å². The molecule has 2 aliphatic rings. The highest BCUT2D eigenvalue weighted by Gasteiger charge is 2.42. The lowest BCUT2D eigenvalue weighted by atomic mass is 9.98. The lowest BCUT2D eigenvalue weighted by molar-refractivity contribution is 0.0779. The molecule has 1 saturated heterocycles. The molecular weight excluding hydrogens is 371 g/mol. The molecule has 2 N–H and O–H groups in total. The Kier molecular flexibility index (Phi) is 5.76. The van der Waals surface area contributed by atoms with Crippen molar-refractivity contribution in [2.24, 2.45) is 17.6 Å². The molecule has 0 bridgehead atoms. The maximum Gasteiger partial charge on any atom is 0.253 e. The van der Waals surface area contributed by atoms with Crippen molar-refractivity contribution in [3.8, 4) is 11.5 Å². The third-order valence-corrected chi connectivity index (χ3v) is 5.57. The zero-order valence-corrected chi connectivity index (χ0v) is 15.9. The highest BCUT2D eigenvalue weighted by molar-refractivity contribution is 6.30.